The number of aliphatic hydroxyl groups excluding tert-OH is 1. The number of H-pyrrole nitrogens is 2. The second-order valence-corrected chi connectivity index (χ2v) is 17.7. The number of hydrogen-bond acceptors (Lipinski definition) is 10. The Morgan fingerprint density at radius 3 is 1.77 bits per heavy atom. The van der Waals surface area contributed by atoms with E-state index in [1.807, 2.05) is 71.9 Å². The molecule has 0 bridgehead atoms. The summed E-state index contributed by atoms with van der Waals surface area (Å²) in [7, 11) is 0. The molecule has 0 fully saturated rings. The molecule has 10 N–H and O–H groups in total. The molecule has 0 saturated heterocycles. The summed E-state index contributed by atoms with van der Waals surface area (Å²) in [6.45, 7) is 16.3. The lowest BCUT2D eigenvalue weighted by Crippen LogP contribution is -2.58. The van der Waals surface area contributed by atoms with Crippen LogP contribution in [0, 0.1) is 23.7 Å². The number of aromatic amines is 2. The number of amides is 6. The lowest BCUT2D eigenvalue weighted by Gasteiger charge is -2.32. The molecular formula is C44H68N10O8. The molecule has 18 heteroatoms. The third kappa shape index (κ3) is 16.9. The lowest BCUT2D eigenvalue weighted by molar-refractivity contribution is -0.135. The first kappa shape index (κ1) is 50.6. The number of nitrogens with two attached hydrogens (primary N) is 1. The Bertz CT molecular complexity index is 1860. The number of nitrogens with one attached hydrogen (secondary N) is 7. The average Bonchev–Trinajstić information content (AvgIpc) is 3.91. The van der Waals surface area contributed by atoms with Gasteiger partial charge in [0.05, 0.1) is 24.8 Å². The van der Waals surface area contributed by atoms with E-state index in [4.69, 9.17) is 10.5 Å². The second kappa shape index (κ2) is 24.0. The van der Waals surface area contributed by atoms with Gasteiger partial charge in [0.2, 0.25) is 29.5 Å². The molecule has 1 unspecified atom stereocenters. The first-order valence-electron chi connectivity index (χ1n) is 21.3. The Kier molecular flexibility index (Phi) is 19.6. The number of imidazole rings is 2. The number of aliphatic hydroxyl groups is 1. The highest BCUT2D eigenvalue weighted by Gasteiger charge is 2.36. The van der Waals surface area contributed by atoms with Crippen LogP contribution in [-0.4, -0.2) is 103 Å². The first-order valence-corrected chi connectivity index (χ1v) is 21.3. The molecular weight excluding hydrogens is 797 g/mol. The standard InChI is InChI=1S/C44H68N10O8/c1-10-27(6)37(42(60)51-33(38(45)56)18-29-21-46-23-48-29)54-39(57)31(26(4)5)20-36(55)32(16-25(2)3)50-41(59)35(19-30-22-47-24-49-30)52-40(58)34(17-28-14-12-11-13-15-28)53-43(61)62-44(7,8)9/h11-15,21-27,31-37,55H,10,16-20H2,1-9H3,(H2,45,56)(H,46,48)(H,47,49)(H,50,59)(H,51,60)(H,52,58)(H,53,61)(H,54,57)/t27-,31-,32-,33-,34-,35-,36?,37-/m0/s1. The smallest absolute Gasteiger partial charge is 0.408 e. The van der Waals surface area contributed by atoms with Crippen LogP contribution in [0.4, 0.5) is 4.79 Å². The van der Waals surface area contributed by atoms with Crippen molar-refractivity contribution >= 4 is 35.6 Å². The highest BCUT2D eigenvalue weighted by Crippen LogP contribution is 2.23. The van der Waals surface area contributed by atoms with E-state index in [9.17, 15) is 33.9 Å². The fourth-order valence-corrected chi connectivity index (χ4v) is 6.88. The van der Waals surface area contributed by atoms with E-state index in [1.165, 1.54) is 25.0 Å². The van der Waals surface area contributed by atoms with Gasteiger partial charge in [-0.05, 0) is 56.9 Å². The van der Waals surface area contributed by atoms with Gasteiger partial charge in [-0.15, -0.1) is 0 Å². The lowest BCUT2D eigenvalue weighted by atomic mass is 9.85. The highest BCUT2D eigenvalue weighted by atomic mass is 16.6. The summed E-state index contributed by atoms with van der Waals surface area (Å²) in [4.78, 5) is 95.1. The molecule has 0 radical (unpaired) electrons. The highest BCUT2D eigenvalue weighted by molar-refractivity contribution is 5.93. The van der Waals surface area contributed by atoms with Gasteiger partial charge < -0.3 is 52.1 Å². The van der Waals surface area contributed by atoms with Crippen LogP contribution in [0.25, 0.3) is 0 Å². The van der Waals surface area contributed by atoms with Crippen molar-refractivity contribution in [3.63, 3.8) is 0 Å². The molecule has 6 amide bonds. The number of benzene rings is 1. The van der Waals surface area contributed by atoms with Crippen LogP contribution in [0.1, 0.15) is 98.5 Å². The van der Waals surface area contributed by atoms with Gasteiger partial charge in [0.25, 0.3) is 0 Å². The van der Waals surface area contributed by atoms with E-state index in [1.54, 1.807) is 20.8 Å². The monoisotopic (exact) mass is 865 g/mol. The Labute approximate surface area is 364 Å². The number of ether oxygens (including phenoxy) is 1. The van der Waals surface area contributed by atoms with E-state index >= 15 is 0 Å². The molecule has 2 heterocycles. The maximum atomic E-state index is 14.3. The van der Waals surface area contributed by atoms with Gasteiger partial charge in [0.1, 0.15) is 29.8 Å². The van der Waals surface area contributed by atoms with Crippen molar-refractivity contribution in [3.05, 3.63) is 72.3 Å². The van der Waals surface area contributed by atoms with Crippen molar-refractivity contribution < 1.29 is 38.6 Å². The summed E-state index contributed by atoms with van der Waals surface area (Å²) in [6.07, 6.45) is 4.87. The zero-order chi connectivity index (χ0) is 46.1. The van der Waals surface area contributed by atoms with Gasteiger partial charge in [-0.25, -0.2) is 14.8 Å². The minimum Gasteiger partial charge on any atom is -0.444 e. The van der Waals surface area contributed by atoms with Crippen LogP contribution in [0.2, 0.25) is 0 Å². The first-order chi connectivity index (χ1) is 29.2. The minimum absolute atomic E-state index is 0.00114. The van der Waals surface area contributed by atoms with Crippen LogP contribution < -0.4 is 32.3 Å². The Hall–Kier alpha value is -5.78. The van der Waals surface area contributed by atoms with Crippen LogP contribution in [0.3, 0.4) is 0 Å². The van der Waals surface area contributed by atoms with Gasteiger partial charge in [-0.2, -0.15) is 0 Å². The fraction of sp³-hybridized carbons (Fsp3) is 0.591. The Morgan fingerprint density at radius 2 is 1.27 bits per heavy atom. The van der Waals surface area contributed by atoms with Crippen molar-refractivity contribution in [2.75, 3.05) is 0 Å². The molecule has 0 aliphatic heterocycles. The van der Waals surface area contributed by atoms with Crippen molar-refractivity contribution in [1.29, 1.82) is 0 Å². The van der Waals surface area contributed by atoms with Gasteiger partial charge in [-0.3, -0.25) is 24.0 Å². The predicted molar refractivity (Wildman–Crippen MR) is 233 cm³/mol. The molecule has 3 aromatic rings. The SMILES string of the molecule is CC[C@H](C)[C@H](NC(=O)[C@@H](CC(O)[C@H](CC(C)C)NC(=O)[C@H](Cc1cnc[nH]1)NC(=O)[C@H](Cc1ccccc1)NC(=O)OC(C)(C)C)C(C)C)C(=O)N[C@@H](Cc1cnc[nH]1)C(N)=O. The summed E-state index contributed by atoms with van der Waals surface area (Å²) in [5, 5.41) is 25.8. The third-order valence-corrected chi connectivity index (χ3v) is 10.5. The summed E-state index contributed by atoms with van der Waals surface area (Å²) >= 11 is 0. The zero-order valence-electron chi connectivity index (χ0n) is 37.5. The summed E-state index contributed by atoms with van der Waals surface area (Å²) in [6, 6.07) is 3.85. The van der Waals surface area contributed by atoms with E-state index in [0.717, 1.165) is 5.56 Å². The maximum absolute atomic E-state index is 14.3. The topological polar surface area (TPSA) is 275 Å². The zero-order valence-corrected chi connectivity index (χ0v) is 37.5. The molecule has 8 atom stereocenters. The largest absolute Gasteiger partial charge is 0.444 e. The average molecular weight is 865 g/mol. The molecule has 3 rings (SSSR count). The molecule has 1 aromatic carbocycles. The molecule has 0 spiro atoms. The van der Waals surface area contributed by atoms with E-state index in [2.05, 4.69) is 46.5 Å². The molecule has 342 valence electrons. The minimum atomic E-state index is -1.23. The van der Waals surface area contributed by atoms with Crippen molar-refractivity contribution in [1.82, 2.24) is 46.5 Å². The summed E-state index contributed by atoms with van der Waals surface area (Å²) in [5.41, 5.74) is 6.70. The van der Waals surface area contributed by atoms with Gasteiger partial charge in [0.15, 0.2) is 0 Å². The number of rotatable bonds is 24. The van der Waals surface area contributed by atoms with Gasteiger partial charge in [0, 0.05) is 49.0 Å². The number of hydrogen-bond donors (Lipinski definition) is 9. The Morgan fingerprint density at radius 1 is 0.726 bits per heavy atom. The number of nitrogens with zero attached hydrogens (tertiary/aromatic N) is 2. The number of primary amides is 1. The van der Waals surface area contributed by atoms with E-state index < -0.39 is 83.5 Å². The molecule has 2 aromatic heterocycles. The molecule has 62 heavy (non-hydrogen) atoms. The van der Waals surface area contributed by atoms with Crippen molar-refractivity contribution in [2.24, 2.45) is 29.4 Å². The Balaban J connectivity index is 1.83. The van der Waals surface area contributed by atoms with Crippen LogP contribution in [0.5, 0.6) is 0 Å². The van der Waals surface area contributed by atoms with Crippen LogP contribution in [0.15, 0.2) is 55.4 Å². The fourth-order valence-electron chi connectivity index (χ4n) is 6.88. The predicted octanol–water partition coefficient (Wildman–Crippen LogP) is 2.59. The number of carbonyl (C=O) groups excluding carboxylic acids is 6. The van der Waals surface area contributed by atoms with Gasteiger partial charge in [-0.1, -0.05) is 78.3 Å². The van der Waals surface area contributed by atoms with E-state index in [-0.39, 0.29) is 43.4 Å². The summed E-state index contributed by atoms with van der Waals surface area (Å²) in [5.74, 6) is -4.50. The summed E-state index contributed by atoms with van der Waals surface area (Å²) < 4.78 is 5.45. The van der Waals surface area contributed by atoms with Crippen LogP contribution in [-0.2, 0) is 48.0 Å². The maximum Gasteiger partial charge on any atom is 0.408 e. The number of aromatic nitrogens is 4. The normalized spacial score (nSPS) is 15.5. The van der Waals surface area contributed by atoms with Crippen molar-refractivity contribution in [3.8, 4) is 0 Å². The van der Waals surface area contributed by atoms with Crippen molar-refractivity contribution in [2.45, 2.75) is 143 Å². The number of alkyl carbamates (subject to hydrolysis) is 1. The molecule has 0 aliphatic rings. The molecule has 18 nitrogen and oxygen atoms in total. The number of carbonyl (C=O) groups is 6. The molecule has 0 aliphatic carbocycles. The quantitative estimate of drug-likeness (QED) is 0.0635. The third-order valence-electron chi connectivity index (χ3n) is 10.5. The van der Waals surface area contributed by atoms with E-state index in [0.29, 0.717) is 24.2 Å². The van der Waals surface area contributed by atoms with Crippen LogP contribution >= 0.6 is 0 Å². The second-order valence-electron chi connectivity index (χ2n) is 17.7. The molecule has 0 saturated carbocycles. The van der Waals surface area contributed by atoms with Gasteiger partial charge >= 0.3 is 6.09 Å².